The van der Waals surface area contributed by atoms with Gasteiger partial charge in [-0.15, -0.1) is 0 Å². The van der Waals surface area contributed by atoms with Gasteiger partial charge in [0.15, 0.2) is 5.76 Å². The van der Waals surface area contributed by atoms with Crippen molar-refractivity contribution >= 4 is 27.3 Å². The van der Waals surface area contributed by atoms with Gasteiger partial charge >= 0.3 is 5.91 Å². The summed E-state index contributed by atoms with van der Waals surface area (Å²) in [6.07, 6.45) is 2.75. The van der Waals surface area contributed by atoms with Crippen LogP contribution >= 0.6 is 0 Å². The molecule has 4 rings (SSSR count). The molecule has 0 saturated carbocycles. The predicted octanol–water partition coefficient (Wildman–Crippen LogP) is 3.35. The Labute approximate surface area is 173 Å². The van der Waals surface area contributed by atoms with E-state index in [1.54, 1.807) is 54.6 Å². The summed E-state index contributed by atoms with van der Waals surface area (Å²) >= 11 is 0. The average Bonchev–Trinajstić information content (AvgIpc) is 3.37. The Balaban J connectivity index is 1.78. The number of hydrogen-bond donors (Lipinski definition) is 2. The van der Waals surface area contributed by atoms with Gasteiger partial charge in [0.25, 0.3) is 0 Å². The molecule has 0 radical (unpaired) electrons. The fourth-order valence-electron chi connectivity index (χ4n) is 3.41. The van der Waals surface area contributed by atoms with Crippen LogP contribution in [-0.4, -0.2) is 36.4 Å². The van der Waals surface area contributed by atoms with E-state index < -0.39 is 22.0 Å². The summed E-state index contributed by atoms with van der Waals surface area (Å²) in [5.41, 5.74) is 1.96. The fraction of sp³-hybridized carbons (Fsp3) is 0.143. The number of nitrogens with one attached hydrogen (secondary N) is 1. The number of para-hydroxylation sites is 2. The van der Waals surface area contributed by atoms with Crippen LogP contribution in [0.2, 0.25) is 0 Å². The first kappa shape index (κ1) is 19.7. The molecule has 2 N–H and O–H groups in total. The van der Waals surface area contributed by atoms with E-state index in [9.17, 15) is 18.3 Å². The number of hydrogen-bond acceptors (Lipinski definition) is 6. The van der Waals surface area contributed by atoms with Crippen LogP contribution in [0.5, 0.6) is 5.75 Å². The van der Waals surface area contributed by atoms with Crippen molar-refractivity contribution < 1.29 is 22.7 Å². The number of rotatable bonds is 5. The minimum atomic E-state index is -3.51. The second kappa shape index (κ2) is 7.68. The van der Waals surface area contributed by atoms with Crippen molar-refractivity contribution in [1.29, 1.82) is 0 Å². The van der Waals surface area contributed by atoms with E-state index in [2.05, 4.69) is 9.82 Å². The molecule has 8 nitrogen and oxygen atoms in total. The van der Waals surface area contributed by atoms with Gasteiger partial charge in [0.2, 0.25) is 10.0 Å². The largest absolute Gasteiger partial charge is 0.508 e. The van der Waals surface area contributed by atoms with Crippen LogP contribution in [0.1, 0.15) is 34.1 Å². The normalized spacial score (nSPS) is 16.4. The molecule has 0 spiro atoms. The molecule has 1 aliphatic rings. The number of carbonyl (C=O) groups excluding carboxylic acids is 1. The minimum absolute atomic E-state index is 0.0405. The number of nitrogens with zero attached hydrogens (tertiary/aromatic N) is 2. The molecule has 9 heteroatoms. The summed E-state index contributed by atoms with van der Waals surface area (Å²) in [6, 6.07) is 16.1. The molecule has 0 fully saturated rings. The van der Waals surface area contributed by atoms with E-state index in [0.29, 0.717) is 22.5 Å². The van der Waals surface area contributed by atoms with Crippen molar-refractivity contribution in [3.05, 3.63) is 83.8 Å². The van der Waals surface area contributed by atoms with Crippen molar-refractivity contribution in [3.8, 4) is 5.75 Å². The van der Waals surface area contributed by atoms with Crippen LogP contribution in [0.25, 0.3) is 0 Å². The summed E-state index contributed by atoms with van der Waals surface area (Å²) in [5, 5.41) is 16.1. The molecule has 1 unspecified atom stereocenters. The summed E-state index contributed by atoms with van der Waals surface area (Å²) in [4.78, 5) is 13.0. The molecule has 2 heterocycles. The SMILES string of the molecule is CS(=O)(=O)Nc1ccccc1C1=NN(C(=O)c2ccco2)C(c2ccccc2O)C1. The molecule has 1 aromatic heterocycles. The zero-order valence-electron chi connectivity index (χ0n) is 16.0. The van der Waals surface area contributed by atoms with E-state index in [-0.39, 0.29) is 17.9 Å². The van der Waals surface area contributed by atoms with E-state index in [1.165, 1.54) is 17.3 Å². The number of anilines is 1. The van der Waals surface area contributed by atoms with Crippen LogP contribution in [-0.2, 0) is 10.0 Å². The van der Waals surface area contributed by atoms with Gasteiger partial charge in [-0.05, 0) is 24.3 Å². The second-order valence-electron chi connectivity index (χ2n) is 6.87. The molecule has 1 atom stereocenters. The van der Waals surface area contributed by atoms with Crippen LogP contribution in [0.15, 0.2) is 76.4 Å². The number of phenolic OH excluding ortho intramolecular Hbond substituents is 1. The quantitative estimate of drug-likeness (QED) is 0.651. The summed E-state index contributed by atoms with van der Waals surface area (Å²) < 4.78 is 31.3. The zero-order chi connectivity index (χ0) is 21.3. The van der Waals surface area contributed by atoms with Gasteiger partial charge in [-0.1, -0.05) is 36.4 Å². The van der Waals surface area contributed by atoms with Crippen LogP contribution < -0.4 is 4.72 Å². The maximum atomic E-state index is 13.0. The third-order valence-electron chi connectivity index (χ3n) is 4.68. The Bertz CT molecular complexity index is 1220. The van der Waals surface area contributed by atoms with E-state index in [1.807, 2.05) is 0 Å². The van der Waals surface area contributed by atoms with Crippen LogP contribution in [0.4, 0.5) is 5.69 Å². The Morgan fingerprint density at radius 2 is 1.87 bits per heavy atom. The first-order chi connectivity index (χ1) is 14.3. The van der Waals surface area contributed by atoms with E-state index in [4.69, 9.17) is 4.42 Å². The van der Waals surface area contributed by atoms with Gasteiger partial charge in [-0.2, -0.15) is 5.10 Å². The Hall–Kier alpha value is -3.59. The fourth-order valence-corrected chi connectivity index (χ4v) is 3.99. The maximum absolute atomic E-state index is 13.0. The lowest BCUT2D eigenvalue weighted by Gasteiger charge is -2.21. The van der Waals surface area contributed by atoms with Gasteiger partial charge in [0, 0.05) is 17.5 Å². The number of amides is 1. The maximum Gasteiger partial charge on any atom is 0.310 e. The Kier molecular flexibility index (Phi) is 5.04. The van der Waals surface area contributed by atoms with E-state index in [0.717, 1.165) is 6.26 Å². The standard InChI is InChI=1S/C21H19N3O5S/c1-30(27,28)23-16-9-4-2-7-14(16)17-13-18(15-8-3-5-10-19(15)25)24(22-17)21(26)20-11-6-12-29-20/h2-12,18,23,25H,13H2,1H3. The molecule has 0 aliphatic carbocycles. The number of phenols is 1. The predicted molar refractivity (Wildman–Crippen MR) is 112 cm³/mol. The van der Waals surface area contributed by atoms with Crippen LogP contribution in [0.3, 0.4) is 0 Å². The molecule has 0 bridgehead atoms. The highest BCUT2D eigenvalue weighted by Gasteiger charge is 2.36. The topological polar surface area (TPSA) is 112 Å². The highest BCUT2D eigenvalue weighted by atomic mass is 32.2. The second-order valence-corrected chi connectivity index (χ2v) is 8.62. The molecule has 2 aromatic carbocycles. The molecule has 3 aromatic rings. The highest BCUT2D eigenvalue weighted by molar-refractivity contribution is 7.92. The average molecular weight is 425 g/mol. The summed E-state index contributed by atoms with van der Waals surface area (Å²) in [6.45, 7) is 0. The lowest BCUT2D eigenvalue weighted by atomic mass is 9.97. The minimum Gasteiger partial charge on any atom is -0.508 e. The first-order valence-corrected chi connectivity index (χ1v) is 11.0. The number of hydrazone groups is 1. The molecule has 30 heavy (non-hydrogen) atoms. The third-order valence-corrected chi connectivity index (χ3v) is 5.27. The molecule has 1 aliphatic heterocycles. The molecule has 154 valence electrons. The van der Waals surface area contributed by atoms with Gasteiger partial charge in [0.1, 0.15) is 5.75 Å². The van der Waals surface area contributed by atoms with Gasteiger partial charge in [0.05, 0.1) is 30.0 Å². The molecular weight excluding hydrogens is 406 g/mol. The Morgan fingerprint density at radius 1 is 1.13 bits per heavy atom. The summed E-state index contributed by atoms with van der Waals surface area (Å²) in [7, 11) is -3.51. The number of furan rings is 1. The number of aromatic hydroxyl groups is 1. The monoisotopic (exact) mass is 425 g/mol. The van der Waals surface area contributed by atoms with Crippen molar-refractivity contribution in [2.75, 3.05) is 11.0 Å². The molecule has 0 saturated heterocycles. The van der Waals surface area contributed by atoms with Gasteiger partial charge in [-0.3, -0.25) is 9.52 Å². The smallest absolute Gasteiger partial charge is 0.310 e. The molecule has 1 amide bonds. The molecular formula is C21H19N3O5S. The Morgan fingerprint density at radius 3 is 2.57 bits per heavy atom. The van der Waals surface area contributed by atoms with Crippen molar-refractivity contribution in [2.24, 2.45) is 5.10 Å². The lowest BCUT2D eigenvalue weighted by molar-refractivity contribution is 0.0677. The summed E-state index contributed by atoms with van der Waals surface area (Å²) in [5.74, 6) is -0.307. The number of carbonyl (C=O) groups is 1. The van der Waals surface area contributed by atoms with Gasteiger partial charge in [-0.25, -0.2) is 13.4 Å². The van der Waals surface area contributed by atoms with Crippen molar-refractivity contribution in [1.82, 2.24) is 5.01 Å². The zero-order valence-corrected chi connectivity index (χ0v) is 16.8. The van der Waals surface area contributed by atoms with Gasteiger partial charge < -0.3 is 9.52 Å². The highest BCUT2D eigenvalue weighted by Crippen LogP contribution is 2.38. The number of sulfonamides is 1. The van der Waals surface area contributed by atoms with Crippen molar-refractivity contribution in [3.63, 3.8) is 0 Å². The number of benzene rings is 2. The lowest BCUT2D eigenvalue weighted by Crippen LogP contribution is -2.26. The van der Waals surface area contributed by atoms with Crippen molar-refractivity contribution in [2.45, 2.75) is 12.5 Å². The van der Waals surface area contributed by atoms with E-state index >= 15 is 0 Å². The van der Waals surface area contributed by atoms with Crippen LogP contribution in [0, 0.1) is 0 Å². The first-order valence-electron chi connectivity index (χ1n) is 9.13. The third kappa shape index (κ3) is 3.92.